The number of carbonyl (C=O) groups is 1. The van der Waals surface area contributed by atoms with Crippen molar-refractivity contribution in [3.8, 4) is 0 Å². The van der Waals surface area contributed by atoms with Crippen molar-refractivity contribution in [2.75, 3.05) is 6.54 Å². The van der Waals surface area contributed by atoms with Gasteiger partial charge in [0, 0.05) is 6.54 Å². The van der Waals surface area contributed by atoms with E-state index in [1.165, 1.54) is 6.92 Å². The van der Waals surface area contributed by atoms with Crippen LogP contribution < -0.4 is 11.1 Å². The number of nitrogens with one attached hydrogen (secondary N) is 1. The summed E-state index contributed by atoms with van der Waals surface area (Å²) in [5, 5.41) is 11.9. The Morgan fingerprint density at radius 3 is 2.11 bits per heavy atom. The largest absolute Gasteiger partial charge is 0.415 e. The van der Waals surface area contributed by atoms with Crippen molar-refractivity contribution in [3.05, 3.63) is 0 Å². The van der Waals surface area contributed by atoms with Crippen LogP contribution in [-0.2, 0) is 4.79 Å². The number of carbonyl (C=O) groups excluding carboxylic acids is 1. The highest BCUT2D eigenvalue weighted by molar-refractivity contribution is 5.86. The van der Waals surface area contributed by atoms with Gasteiger partial charge in [-0.1, -0.05) is 13.8 Å². The van der Waals surface area contributed by atoms with E-state index in [-0.39, 0.29) is 12.5 Å². The third-order valence-corrected chi connectivity index (χ3v) is 2.54. The van der Waals surface area contributed by atoms with Crippen LogP contribution in [0.5, 0.6) is 0 Å². The fourth-order valence-corrected chi connectivity index (χ4v) is 1.53. The number of halogens is 3. The van der Waals surface area contributed by atoms with E-state index in [0.717, 1.165) is 0 Å². The molecule has 7 heteroatoms. The SMILES string of the molecule is CC(C)CC(C)(O)CNC(=O)C(C)(N)C(F)(F)F. The molecule has 0 aliphatic carbocycles. The summed E-state index contributed by atoms with van der Waals surface area (Å²) in [6, 6.07) is 0. The molecule has 0 spiro atoms. The van der Waals surface area contributed by atoms with Crippen LogP contribution in [0.15, 0.2) is 0 Å². The van der Waals surface area contributed by atoms with Crippen LogP contribution in [0.1, 0.15) is 34.1 Å². The van der Waals surface area contributed by atoms with Gasteiger partial charge in [0.05, 0.1) is 5.60 Å². The molecular formula is C11H21F3N2O2. The summed E-state index contributed by atoms with van der Waals surface area (Å²) in [5.74, 6) is -1.19. The van der Waals surface area contributed by atoms with Gasteiger partial charge < -0.3 is 16.2 Å². The number of hydrogen-bond acceptors (Lipinski definition) is 3. The number of rotatable bonds is 5. The predicted molar refractivity (Wildman–Crippen MR) is 61.7 cm³/mol. The molecule has 0 saturated carbocycles. The minimum atomic E-state index is -4.83. The van der Waals surface area contributed by atoms with Crippen molar-refractivity contribution in [1.29, 1.82) is 0 Å². The standard InChI is InChI=1S/C11H21F3N2O2/c1-7(2)5-9(3,18)6-16-8(17)10(4,15)11(12,13)14/h7,18H,5-6,15H2,1-4H3,(H,16,17). The second-order valence-corrected chi connectivity index (χ2v) is 5.48. The molecule has 0 bridgehead atoms. The Labute approximate surface area is 105 Å². The molecule has 0 aromatic heterocycles. The molecular weight excluding hydrogens is 249 g/mol. The second-order valence-electron chi connectivity index (χ2n) is 5.48. The molecule has 0 aromatic rings. The molecule has 2 unspecified atom stereocenters. The zero-order valence-electron chi connectivity index (χ0n) is 11.1. The lowest BCUT2D eigenvalue weighted by Gasteiger charge is -2.30. The lowest BCUT2D eigenvalue weighted by Crippen LogP contribution is -2.62. The molecule has 18 heavy (non-hydrogen) atoms. The Bertz CT molecular complexity index is 299. The first-order valence-corrected chi connectivity index (χ1v) is 5.66. The summed E-state index contributed by atoms with van der Waals surface area (Å²) in [6.45, 7) is 5.50. The molecule has 0 fully saturated rings. The fourth-order valence-electron chi connectivity index (χ4n) is 1.53. The van der Waals surface area contributed by atoms with Gasteiger partial charge in [-0.15, -0.1) is 0 Å². The number of aliphatic hydroxyl groups is 1. The molecule has 4 N–H and O–H groups in total. The van der Waals surface area contributed by atoms with E-state index in [1.807, 2.05) is 19.2 Å². The van der Waals surface area contributed by atoms with E-state index in [0.29, 0.717) is 13.3 Å². The Balaban J connectivity index is 4.52. The first-order chi connectivity index (χ1) is 7.79. The molecule has 1 amide bonds. The summed E-state index contributed by atoms with van der Waals surface area (Å²) in [4.78, 5) is 11.4. The first kappa shape index (κ1) is 17.2. The maximum Gasteiger partial charge on any atom is 0.415 e. The average Bonchev–Trinajstić information content (AvgIpc) is 2.10. The molecule has 0 aliphatic rings. The van der Waals surface area contributed by atoms with Gasteiger partial charge in [-0.3, -0.25) is 4.79 Å². The van der Waals surface area contributed by atoms with Crippen molar-refractivity contribution in [1.82, 2.24) is 5.32 Å². The maximum atomic E-state index is 12.5. The Hall–Kier alpha value is -0.820. The summed E-state index contributed by atoms with van der Waals surface area (Å²) in [5.41, 5.74) is 0.733. The number of amides is 1. The highest BCUT2D eigenvalue weighted by Gasteiger charge is 2.54. The highest BCUT2D eigenvalue weighted by Crippen LogP contribution is 2.28. The second kappa shape index (κ2) is 5.44. The zero-order valence-corrected chi connectivity index (χ0v) is 11.1. The van der Waals surface area contributed by atoms with Crippen LogP contribution in [0.4, 0.5) is 13.2 Å². The molecule has 4 nitrogen and oxygen atoms in total. The zero-order chi connectivity index (χ0) is 14.8. The van der Waals surface area contributed by atoms with Crippen molar-refractivity contribution in [3.63, 3.8) is 0 Å². The van der Waals surface area contributed by atoms with Gasteiger partial charge in [0.1, 0.15) is 0 Å². The van der Waals surface area contributed by atoms with E-state index >= 15 is 0 Å². The van der Waals surface area contributed by atoms with Gasteiger partial charge in [0.25, 0.3) is 0 Å². The van der Waals surface area contributed by atoms with Gasteiger partial charge >= 0.3 is 6.18 Å². The normalized spacial score (nSPS) is 19.2. The quantitative estimate of drug-likeness (QED) is 0.702. The molecule has 2 atom stereocenters. The van der Waals surface area contributed by atoms with E-state index < -0.39 is 23.2 Å². The minimum absolute atomic E-state index is 0.156. The van der Waals surface area contributed by atoms with Crippen LogP contribution in [0.25, 0.3) is 0 Å². The minimum Gasteiger partial charge on any atom is -0.388 e. The van der Waals surface area contributed by atoms with Crippen molar-refractivity contribution in [2.24, 2.45) is 11.7 Å². The predicted octanol–water partition coefficient (Wildman–Crippen LogP) is 1.18. The van der Waals surface area contributed by atoms with E-state index in [2.05, 4.69) is 0 Å². The molecule has 0 heterocycles. The van der Waals surface area contributed by atoms with Gasteiger partial charge in [-0.05, 0) is 26.2 Å². The van der Waals surface area contributed by atoms with Crippen molar-refractivity contribution in [2.45, 2.75) is 51.4 Å². The maximum absolute atomic E-state index is 12.5. The number of nitrogens with two attached hydrogens (primary N) is 1. The molecule has 108 valence electrons. The van der Waals surface area contributed by atoms with Crippen LogP contribution >= 0.6 is 0 Å². The van der Waals surface area contributed by atoms with Crippen LogP contribution in [0.3, 0.4) is 0 Å². The van der Waals surface area contributed by atoms with Crippen LogP contribution in [0.2, 0.25) is 0 Å². The van der Waals surface area contributed by atoms with E-state index in [1.54, 1.807) is 0 Å². The molecule has 0 radical (unpaired) electrons. The molecule has 0 rings (SSSR count). The fraction of sp³-hybridized carbons (Fsp3) is 0.909. The van der Waals surface area contributed by atoms with Gasteiger partial charge in [-0.2, -0.15) is 13.2 Å². The Morgan fingerprint density at radius 2 is 1.78 bits per heavy atom. The smallest absolute Gasteiger partial charge is 0.388 e. The summed E-state index contributed by atoms with van der Waals surface area (Å²) in [6.07, 6.45) is -4.47. The lowest BCUT2D eigenvalue weighted by atomic mass is 9.93. The molecule has 0 saturated heterocycles. The highest BCUT2D eigenvalue weighted by atomic mass is 19.4. The number of hydrogen-bond donors (Lipinski definition) is 3. The average molecular weight is 270 g/mol. The first-order valence-electron chi connectivity index (χ1n) is 5.66. The van der Waals surface area contributed by atoms with Gasteiger partial charge in [-0.25, -0.2) is 0 Å². The molecule has 0 aliphatic heterocycles. The van der Waals surface area contributed by atoms with Gasteiger partial charge in [0.15, 0.2) is 5.54 Å². The monoisotopic (exact) mass is 270 g/mol. The van der Waals surface area contributed by atoms with Crippen LogP contribution in [0, 0.1) is 5.92 Å². The van der Waals surface area contributed by atoms with Crippen molar-refractivity contribution < 1.29 is 23.1 Å². The Kier molecular flexibility index (Phi) is 5.19. The third-order valence-electron chi connectivity index (χ3n) is 2.54. The van der Waals surface area contributed by atoms with Crippen LogP contribution in [-0.4, -0.2) is 34.9 Å². The van der Waals surface area contributed by atoms with Crippen molar-refractivity contribution >= 4 is 5.91 Å². The summed E-state index contributed by atoms with van der Waals surface area (Å²) >= 11 is 0. The Morgan fingerprint density at radius 1 is 1.33 bits per heavy atom. The summed E-state index contributed by atoms with van der Waals surface area (Å²) in [7, 11) is 0. The third kappa shape index (κ3) is 4.81. The van der Waals surface area contributed by atoms with E-state index in [4.69, 9.17) is 5.73 Å². The number of alkyl halides is 3. The molecule has 0 aromatic carbocycles. The van der Waals surface area contributed by atoms with Gasteiger partial charge in [0.2, 0.25) is 5.91 Å². The lowest BCUT2D eigenvalue weighted by molar-refractivity contribution is -0.187. The summed E-state index contributed by atoms with van der Waals surface area (Å²) < 4.78 is 37.4. The van der Waals surface area contributed by atoms with E-state index in [9.17, 15) is 23.1 Å². The topological polar surface area (TPSA) is 75.3 Å².